The van der Waals surface area contributed by atoms with Gasteiger partial charge in [-0.3, -0.25) is 9.59 Å². The van der Waals surface area contributed by atoms with Crippen molar-refractivity contribution in [1.82, 2.24) is 25.2 Å². The van der Waals surface area contributed by atoms with Crippen LogP contribution in [0.2, 0.25) is 0 Å². The molecule has 2 amide bonds. The second kappa shape index (κ2) is 7.81. The molecule has 3 aliphatic rings. The molecular formula is C22H26FN5O2. The summed E-state index contributed by atoms with van der Waals surface area (Å²) in [6.45, 7) is 1.18. The number of carbonyl (C=O) groups excluding carboxylic acids is 2. The van der Waals surface area contributed by atoms with Gasteiger partial charge in [0.05, 0.1) is 11.4 Å². The van der Waals surface area contributed by atoms with E-state index < -0.39 is 0 Å². The van der Waals surface area contributed by atoms with Crippen LogP contribution in [0.3, 0.4) is 0 Å². The maximum Gasteiger partial charge on any atom is 0.273 e. The molecule has 0 bridgehead atoms. The second-order valence-electron chi connectivity index (χ2n) is 8.75. The molecule has 2 heterocycles. The Morgan fingerprint density at radius 3 is 2.57 bits per heavy atom. The van der Waals surface area contributed by atoms with E-state index in [0.29, 0.717) is 30.4 Å². The number of nitrogens with one attached hydrogen (secondary N) is 1. The molecule has 8 heteroatoms. The van der Waals surface area contributed by atoms with Crippen molar-refractivity contribution in [2.75, 3.05) is 13.1 Å². The first-order valence-electron chi connectivity index (χ1n) is 10.9. The largest absolute Gasteiger partial charge is 0.350 e. The fraction of sp³-hybridized carbons (Fsp3) is 0.545. The van der Waals surface area contributed by atoms with Crippen molar-refractivity contribution in [1.29, 1.82) is 0 Å². The second-order valence-corrected chi connectivity index (χ2v) is 8.75. The summed E-state index contributed by atoms with van der Waals surface area (Å²) >= 11 is 0. The molecule has 1 aromatic heterocycles. The van der Waals surface area contributed by atoms with Gasteiger partial charge >= 0.3 is 0 Å². The minimum atomic E-state index is -0.317. The molecule has 1 unspecified atom stereocenters. The lowest BCUT2D eigenvalue weighted by molar-refractivity contribution is -0.129. The summed E-state index contributed by atoms with van der Waals surface area (Å²) in [5, 5.41) is 11.3. The van der Waals surface area contributed by atoms with E-state index in [4.69, 9.17) is 0 Å². The molecule has 1 aromatic carbocycles. The molecule has 1 atom stereocenters. The highest BCUT2D eigenvalue weighted by Crippen LogP contribution is 2.42. The Labute approximate surface area is 174 Å². The van der Waals surface area contributed by atoms with Crippen LogP contribution in [0.25, 0.3) is 5.69 Å². The maximum atomic E-state index is 13.3. The molecule has 0 spiro atoms. The number of rotatable bonds is 6. The van der Waals surface area contributed by atoms with Crippen LogP contribution in [0.15, 0.2) is 24.3 Å². The number of carbonyl (C=O) groups is 2. The van der Waals surface area contributed by atoms with Gasteiger partial charge in [-0.15, -0.1) is 5.10 Å². The normalized spacial score (nSPS) is 22.1. The first-order valence-corrected chi connectivity index (χ1v) is 10.9. The van der Waals surface area contributed by atoms with Crippen molar-refractivity contribution in [3.63, 3.8) is 0 Å². The van der Waals surface area contributed by atoms with Crippen LogP contribution in [0.1, 0.15) is 67.0 Å². The molecule has 2 saturated carbocycles. The SMILES string of the molecule is O=C(NCC1CC(=O)N(C2CCCC2)C1)c1nnn(-c2ccc(F)cc2)c1C1CC1. The molecule has 5 rings (SSSR count). The monoisotopic (exact) mass is 411 g/mol. The Hall–Kier alpha value is -2.77. The van der Waals surface area contributed by atoms with Crippen molar-refractivity contribution in [2.24, 2.45) is 5.92 Å². The van der Waals surface area contributed by atoms with Gasteiger partial charge in [0, 0.05) is 37.4 Å². The fourth-order valence-corrected chi connectivity index (χ4v) is 4.78. The van der Waals surface area contributed by atoms with E-state index in [0.717, 1.165) is 37.9 Å². The zero-order chi connectivity index (χ0) is 20.7. The summed E-state index contributed by atoms with van der Waals surface area (Å²) in [7, 11) is 0. The summed E-state index contributed by atoms with van der Waals surface area (Å²) in [5.74, 6) is 0.0250. The molecule has 0 radical (unpaired) electrons. The van der Waals surface area contributed by atoms with Crippen LogP contribution in [-0.4, -0.2) is 50.8 Å². The smallest absolute Gasteiger partial charge is 0.273 e. The van der Waals surface area contributed by atoms with Crippen LogP contribution in [0, 0.1) is 11.7 Å². The number of aromatic nitrogens is 3. The molecule has 158 valence electrons. The van der Waals surface area contributed by atoms with Crippen LogP contribution >= 0.6 is 0 Å². The zero-order valence-electron chi connectivity index (χ0n) is 16.9. The Balaban J connectivity index is 1.26. The Morgan fingerprint density at radius 2 is 1.87 bits per heavy atom. The molecule has 2 aliphatic carbocycles. The van der Waals surface area contributed by atoms with Crippen molar-refractivity contribution in [3.05, 3.63) is 41.5 Å². The van der Waals surface area contributed by atoms with E-state index in [1.54, 1.807) is 16.8 Å². The number of likely N-dealkylation sites (tertiary alicyclic amines) is 1. The molecule has 1 N–H and O–H groups in total. The fourth-order valence-electron chi connectivity index (χ4n) is 4.78. The number of hydrogen-bond acceptors (Lipinski definition) is 4. The predicted molar refractivity (Wildman–Crippen MR) is 108 cm³/mol. The van der Waals surface area contributed by atoms with E-state index in [9.17, 15) is 14.0 Å². The highest BCUT2D eigenvalue weighted by atomic mass is 19.1. The molecule has 30 heavy (non-hydrogen) atoms. The summed E-state index contributed by atoms with van der Waals surface area (Å²) < 4.78 is 14.9. The van der Waals surface area contributed by atoms with Gasteiger partial charge < -0.3 is 10.2 Å². The number of benzene rings is 1. The third-order valence-electron chi connectivity index (χ3n) is 6.51. The first kappa shape index (κ1) is 19.2. The minimum Gasteiger partial charge on any atom is -0.350 e. The Bertz CT molecular complexity index is 947. The van der Waals surface area contributed by atoms with Gasteiger partial charge in [0.25, 0.3) is 5.91 Å². The average molecular weight is 411 g/mol. The number of hydrogen-bond donors (Lipinski definition) is 1. The lowest BCUT2D eigenvalue weighted by Crippen LogP contribution is -2.36. The van der Waals surface area contributed by atoms with Crippen LogP contribution in [-0.2, 0) is 4.79 Å². The van der Waals surface area contributed by atoms with Gasteiger partial charge in [-0.1, -0.05) is 18.1 Å². The van der Waals surface area contributed by atoms with E-state index in [1.165, 1.54) is 25.0 Å². The topological polar surface area (TPSA) is 80.1 Å². The number of halogens is 1. The third kappa shape index (κ3) is 3.70. The average Bonchev–Trinajstić information content (AvgIpc) is 3.14. The predicted octanol–water partition coefficient (Wildman–Crippen LogP) is 2.80. The molecule has 2 aromatic rings. The van der Waals surface area contributed by atoms with Crippen molar-refractivity contribution >= 4 is 11.8 Å². The lowest BCUT2D eigenvalue weighted by atomic mass is 10.1. The summed E-state index contributed by atoms with van der Waals surface area (Å²) in [5.41, 5.74) is 1.81. The summed E-state index contributed by atoms with van der Waals surface area (Å²) in [6.07, 6.45) is 7.07. The van der Waals surface area contributed by atoms with Gasteiger partial charge in [0.1, 0.15) is 5.82 Å². The van der Waals surface area contributed by atoms with Crippen LogP contribution in [0.5, 0.6) is 0 Å². The molecule has 1 saturated heterocycles. The quantitative estimate of drug-likeness (QED) is 0.793. The first-order chi connectivity index (χ1) is 14.6. The lowest BCUT2D eigenvalue weighted by Gasteiger charge is -2.24. The van der Waals surface area contributed by atoms with Gasteiger partial charge in [-0.05, 0) is 49.9 Å². The molecular weight excluding hydrogens is 385 g/mol. The zero-order valence-corrected chi connectivity index (χ0v) is 16.9. The Morgan fingerprint density at radius 1 is 1.13 bits per heavy atom. The molecule has 3 fully saturated rings. The van der Waals surface area contributed by atoms with E-state index in [2.05, 4.69) is 15.6 Å². The van der Waals surface area contributed by atoms with Crippen molar-refractivity contribution in [2.45, 2.75) is 56.9 Å². The standard InChI is InChI=1S/C22H26FN5O2/c23-16-7-9-18(10-8-16)28-21(15-5-6-15)20(25-26-28)22(30)24-12-14-11-19(29)27(13-14)17-3-1-2-4-17/h7-10,14-15,17H,1-6,11-13H2,(H,24,30). The van der Waals surface area contributed by atoms with Gasteiger partial charge in [0.2, 0.25) is 5.91 Å². The number of nitrogens with zero attached hydrogens (tertiary/aromatic N) is 4. The van der Waals surface area contributed by atoms with E-state index >= 15 is 0 Å². The maximum absolute atomic E-state index is 13.3. The van der Waals surface area contributed by atoms with Crippen molar-refractivity contribution in [3.8, 4) is 5.69 Å². The van der Waals surface area contributed by atoms with Gasteiger partial charge in [0.15, 0.2) is 5.69 Å². The van der Waals surface area contributed by atoms with Gasteiger partial charge in [-0.25, -0.2) is 9.07 Å². The minimum absolute atomic E-state index is 0.138. The molecule has 1 aliphatic heterocycles. The summed E-state index contributed by atoms with van der Waals surface area (Å²) in [6, 6.07) is 6.41. The number of amides is 2. The summed E-state index contributed by atoms with van der Waals surface area (Å²) in [4.78, 5) is 27.3. The third-order valence-corrected chi connectivity index (χ3v) is 6.51. The Kier molecular flexibility index (Phi) is 5.00. The van der Waals surface area contributed by atoms with E-state index in [-0.39, 0.29) is 29.5 Å². The highest BCUT2D eigenvalue weighted by molar-refractivity contribution is 5.93. The highest BCUT2D eigenvalue weighted by Gasteiger charge is 2.37. The van der Waals surface area contributed by atoms with Crippen LogP contribution in [0.4, 0.5) is 4.39 Å². The van der Waals surface area contributed by atoms with Crippen LogP contribution < -0.4 is 5.32 Å². The molecule has 7 nitrogen and oxygen atoms in total. The van der Waals surface area contributed by atoms with Gasteiger partial charge in [-0.2, -0.15) is 0 Å². The van der Waals surface area contributed by atoms with Crippen molar-refractivity contribution < 1.29 is 14.0 Å². The van der Waals surface area contributed by atoms with E-state index in [1.807, 2.05) is 4.90 Å².